The van der Waals surface area contributed by atoms with Gasteiger partial charge < -0.3 is 11.1 Å². The highest BCUT2D eigenvalue weighted by atomic mass is 14.6. The number of allylic oxidation sites excluding steroid dienone is 2. The molecule has 0 aliphatic heterocycles. The molecule has 0 aromatic rings. The van der Waals surface area contributed by atoms with Gasteiger partial charge in [0.1, 0.15) is 11.8 Å². The lowest BCUT2D eigenvalue weighted by Crippen LogP contribution is -1.91. The molecule has 0 fully saturated rings. The van der Waals surface area contributed by atoms with Crippen LogP contribution in [-0.4, -0.2) is 6.21 Å². The molecule has 0 aromatic carbocycles. The van der Waals surface area contributed by atoms with Crippen LogP contribution in [0.1, 0.15) is 0 Å². The zero-order valence-electron chi connectivity index (χ0n) is 3.68. The average Bonchev–Trinajstić information content (AvgIpc) is 1.68. The van der Waals surface area contributed by atoms with Crippen molar-refractivity contribution in [2.45, 2.75) is 0 Å². The van der Waals surface area contributed by atoms with Gasteiger partial charge in [-0.2, -0.15) is 5.26 Å². The summed E-state index contributed by atoms with van der Waals surface area (Å²) >= 11 is 0. The van der Waals surface area contributed by atoms with Gasteiger partial charge in [-0.1, -0.05) is 0 Å². The average molecular weight is 95.1 g/mol. The van der Waals surface area contributed by atoms with Crippen LogP contribution in [0.2, 0.25) is 0 Å². The van der Waals surface area contributed by atoms with E-state index in [9.17, 15) is 0 Å². The van der Waals surface area contributed by atoms with Gasteiger partial charge >= 0.3 is 0 Å². The molecule has 0 heterocycles. The van der Waals surface area contributed by atoms with E-state index < -0.39 is 0 Å². The zero-order valence-corrected chi connectivity index (χ0v) is 3.68. The van der Waals surface area contributed by atoms with E-state index in [1.807, 2.05) is 0 Å². The van der Waals surface area contributed by atoms with Crippen molar-refractivity contribution in [2.24, 2.45) is 5.73 Å². The summed E-state index contributed by atoms with van der Waals surface area (Å²) in [6.45, 7) is 0. The third-order valence-corrected chi connectivity index (χ3v) is 0.392. The molecule has 7 heavy (non-hydrogen) atoms. The van der Waals surface area contributed by atoms with E-state index >= 15 is 0 Å². The van der Waals surface area contributed by atoms with Crippen molar-refractivity contribution in [1.82, 2.24) is 0 Å². The molecule has 0 amide bonds. The second kappa shape index (κ2) is 2.91. The normalized spacial score (nSPS) is 9.86. The Bertz CT molecular complexity index is 128. The molecule has 0 rings (SSSR count). The summed E-state index contributed by atoms with van der Waals surface area (Å²) in [6, 6.07) is 1.65. The molecule has 0 saturated carbocycles. The maximum Gasteiger partial charge on any atom is 0.117 e. The molecular weight excluding hydrogens is 90.1 g/mol. The van der Waals surface area contributed by atoms with E-state index in [0.29, 0.717) is 0 Å². The van der Waals surface area contributed by atoms with Crippen molar-refractivity contribution in [1.29, 1.82) is 10.7 Å². The summed E-state index contributed by atoms with van der Waals surface area (Å²) in [5.41, 5.74) is 5.00. The first kappa shape index (κ1) is 5.70. The van der Waals surface area contributed by atoms with Crippen LogP contribution in [0.4, 0.5) is 0 Å². The van der Waals surface area contributed by atoms with Crippen molar-refractivity contribution < 1.29 is 0 Å². The van der Waals surface area contributed by atoms with Gasteiger partial charge in [0.25, 0.3) is 0 Å². The van der Waals surface area contributed by atoms with Crippen molar-refractivity contribution in [3.63, 3.8) is 0 Å². The second-order valence-corrected chi connectivity index (χ2v) is 0.900. The summed E-state index contributed by atoms with van der Waals surface area (Å²) < 4.78 is 0. The van der Waals surface area contributed by atoms with E-state index in [1.165, 1.54) is 6.08 Å². The fraction of sp³-hybridized carbons (Fsp3) is 0. The maximum atomic E-state index is 7.92. The van der Waals surface area contributed by atoms with Crippen LogP contribution in [0.3, 0.4) is 0 Å². The highest BCUT2D eigenvalue weighted by Crippen LogP contribution is 1.71. The maximum absolute atomic E-state index is 7.92. The van der Waals surface area contributed by atoms with Crippen LogP contribution in [0, 0.1) is 16.7 Å². The van der Waals surface area contributed by atoms with Gasteiger partial charge in [-0.15, -0.1) is 0 Å². The Hall–Kier alpha value is -1.30. The Balaban J connectivity index is 3.80. The molecule has 0 radical (unpaired) electrons. The monoisotopic (exact) mass is 95.0 g/mol. The summed E-state index contributed by atoms with van der Waals surface area (Å²) in [5.74, 6) is 0. The van der Waals surface area contributed by atoms with Gasteiger partial charge in [0.15, 0.2) is 0 Å². The van der Waals surface area contributed by atoms with Crippen LogP contribution in [-0.2, 0) is 0 Å². The Morgan fingerprint density at radius 1 is 1.86 bits per heavy atom. The van der Waals surface area contributed by atoms with Crippen molar-refractivity contribution >= 4 is 6.21 Å². The first-order chi connectivity index (χ1) is 3.31. The fourth-order valence-electron chi connectivity index (χ4n) is 0.127. The third kappa shape index (κ3) is 2.50. The minimum Gasteiger partial charge on any atom is -0.390 e. The van der Waals surface area contributed by atoms with Crippen molar-refractivity contribution in [2.75, 3.05) is 0 Å². The lowest BCUT2D eigenvalue weighted by molar-refractivity contribution is 1.39. The van der Waals surface area contributed by atoms with Crippen molar-refractivity contribution in [3.05, 3.63) is 11.8 Å². The highest BCUT2D eigenvalue weighted by Gasteiger charge is 1.74. The van der Waals surface area contributed by atoms with Gasteiger partial charge in [0.05, 0.1) is 0 Å². The lowest BCUT2D eigenvalue weighted by Gasteiger charge is -1.73. The summed E-state index contributed by atoms with van der Waals surface area (Å²) in [4.78, 5) is 0. The molecule has 0 aliphatic rings. The Labute approximate surface area is 41.6 Å². The first-order valence-electron chi connectivity index (χ1n) is 1.67. The third-order valence-electron chi connectivity index (χ3n) is 0.392. The minimum absolute atomic E-state index is 0.0648. The van der Waals surface area contributed by atoms with E-state index in [4.69, 9.17) is 16.4 Å². The van der Waals surface area contributed by atoms with Gasteiger partial charge in [0, 0.05) is 6.21 Å². The molecule has 0 aromatic heterocycles. The van der Waals surface area contributed by atoms with Crippen molar-refractivity contribution in [3.8, 4) is 6.07 Å². The highest BCUT2D eigenvalue weighted by molar-refractivity contribution is 5.69. The van der Waals surface area contributed by atoms with E-state index in [1.54, 1.807) is 6.07 Å². The van der Waals surface area contributed by atoms with Crippen LogP contribution in [0.5, 0.6) is 0 Å². The molecule has 3 N–H and O–H groups in total. The number of rotatable bonds is 1. The number of nitrogens with zero attached hydrogens (tertiary/aromatic N) is 1. The number of hydrogen-bond donors (Lipinski definition) is 2. The number of nitriles is 1. The first-order valence-corrected chi connectivity index (χ1v) is 1.67. The summed E-state index contributed by atoms with van der Waals surface area (Å²) in [5, 5.41) is 14.3. The summed E-state index contributed by atoms with van der Waals surface area (Å²) in [6.07, 6.45) is 2.19. The Morgan fingerprint density at radius 3 is 2.57 bits per heavy atom. The molecule has 0 saturated heterocycles. The zero-order chi connectivity index (χ0) is 5.70. The van der Waals surface area contributed by atoms with E-state index in [2.05, 4.69) is 0 Å². The van der Waals surface area contributed by atoms with Crippen LogP contribution in [0.25, 0.3) is 0 Å². The predicted molar refractivity (Wildman–Crippen MR) is 26.7 cm³/mol. The van der Waals surface area contributed by atoms with Crippen LogP contribution < -0.4 is 5.73 Å². The Kier molecular flexibility index (Phi) is 2.37. The smallest absolute Gasteiger partial charge is 0.117 e. The molecule has 0 bridgehead atoms. The molecule has 0 aliphatic carbocycles. The van der Waals surface area contributed by atoms with Gasteiger partial charge in [-0.25, -0.2) is 0 Å². The van der Waals surface area contributed by atoms with Crippen LogP contribution in [0.15, 0.2) is 11.8 Å². The number of nitrogens with two attached hydrogens (primary N) is 1. The standard InChI is InChI=1S/C4H5N3/c5-2-1-4(7)3-6/h1-2,5H,7H2/b4-1-,5-2?. The van der Waals surface area contributed by atoms with Gasteiger partial charge in [0.2, 0.25) is 0 Å². The fourth-order valence-corrected chi connectivity index (χ4v) is 0.127. The van der Waals surface area contributed by atoms with E-state index in [-0.39, 0.29) is 5.70 Å². The molecular formula is C4H5N3. The molecule has 0 unspecified atom stereocenters. The summed E-state index contributed by atoms with van der Waals surface area (Å²) in [7, 11) is 0. The van der Waals surface area contributed by atoms with Crippen LogP contribution >= 0.6 is 0 Å². The topological polar surface area (TPSA) is 73.7 Å². The van der Waals surface area contributed by atoms with E-state index in [0.717, 1.165) is 6.21 Å². The van der Waals surface area contributed by atoms with Gasteiger partial charge in [-0.3, -0.25) is 0 Å². The molecule has 0 atom stereocenters. The largest absolute Gasteiger partial charge is 0.390 e. The second-order valence-electron chi connectivity index (χ2n) is 0.900. The molecule has 0 spiro atoms. The van der Waals surface area contributed by atoms with Gasteiger partial charge in [-0.05, 0) is 6.08 Å². The lowest BCUT2D eigenvalue weighted by atomic mass is 10.5. The number of nitrogens with one attached hydrogen (secondary N) is 1. The Morgan fingerprint density at radius 2 is 2.43 bits per heavy atom. The number of hydrogen-bond acceptors (Lipinski definition) is 3. The quantitative estimate of drug-likeness (QED) is 0.355. The SMILES string of the molecule is N#C/C(N)=C/C=N. The minimum atomic E-state index is 0.0648. The predicted octanol–water partition coefficient (Wildman–Crippen LogP) is 0.00215. The molecule has 36 valence electrons. The molecule has 3 nitrogen and oxygen atoms in total. The molecule has 3 heteroatoms.